The first kappa shape index (κ1) is 9.09. The Bertz CT molecular complexity index is 467. The van der Waals surface area contributed by atoms with Gasteiger partial charge in [-0.1, -0.05) is 24.3 Å². The number of nitrogens with zero attached hydrogens (tertiary/aromatic N) is 1. The van der Waals surface area contributed by atoms with Crippen molar-refractivity contribution in [2.45, 2.75) is 31.5 Å². The van der Waals surface area contributed by atoms with Crippen molar-refractivity contribution < 1.29 is 7.85 Å². The molecule has 3 rings (SSSR count). The summed E-state index contributed by atoms with van der Waals surface area (Å²) in [6.07, 6.45) is -0.867. The number of nitrogens with one attached hydrogen (secondary N) is 1. The molecule has 0 radical (unpaired) electrons. The maximum Gasteiger partial charge on any atom is 0.0820 e. The Morgan fingerprint density at radius 1 is 1.35 bits per heavy atom. The van der Waals surface area contributed by atoms with Crippen LogP contribution in [-0.4, -0.2) is 41.8 Å². The van der Waals surface area contributed by atoms with Gasteiger partial charge in [0.2, 0.25) is 0 Å². The molecule has 0 unspecified atom stereocenters. The van der Waals surface area contributed by atoms with Crippen LogP contribution < -0.4 is 5.32 Å². The van der Waals surface area contributed by atoms with Gasteiger partial charge in [-0.3, -0.25) is 4.90 Å². The molecule has 3 nitrogen and oxygen atoms in total. The van der Waals surface area contributed by atoms with Gasteiger partial charge in [-0.25, -0.2) is 0 Å². The molecule has 1 saturated heterocycles. The zero-order valence-corrected chi connectivity index (χ0v) is 9.89. The summed E-state index contributed by atoms with van der Waals surface area (Å²) >= 11 is 0. The monoisotopic (exact) mass is 234 g/mol. The van der Waals surface area contributed by atoms with Crippen LogP contribution in [0, 0.1) is 0 Å². The molecule has 2 atom stereocenters. The van der Waals surface area contributed by atoms with E-state index in [0.29, 0.717) is 13.1 Å². The number of benzene rings is 1. The van der Waals surface area contributed by atoms with E-state index in [2.05, 4.69) is 10.2 Å². The molecule has 2 N–H and O–H groups in total. The molecule has 1 fully saturated rings. The molecular formula is C14H20N2O. The largest absolute Gasteiger partial charge is 0.390 e. The zero-order chi connectivity index (χ0) is 13.5. The number of fused-ring (bicyclic) bond motifs is 1. The van der Waals surface area contributed by atoms with Crippen molar-refractivity contribution in [3.63, 3.8) is 0 Å². The molecule has 3 heteroatoms. The van der Waals surface area contributed by atoms with Crippen LogP contribution in [-0.2, 0) is 12.9 Å². The number of aliphatic hydroxyl groups excluding tert-OH is 1. The number of piperidine rings is 1. The van der Waals surface area contributed by atoms with Crippen molar-refractivity contribution in [3.8, 4) is 0 Å². The first-order valence-electron chi connectivity index (χ1n) is 7.29. The van der Waals surface area contributed by atoms with Crippen molar-refractivity contribution in [2.75, 3.05) is 19.6 Å². The van der Waals surface area contributed by atoms with Crippen molar-refractivity contribution >= 4 is 0 Å². The Morgan fingerprint density at radius 2 is 2.18 bits per heavy atom. The molecule has 1 aromatic carbocycles. The first-order chi connectivity index (χ1) is 9.08. The summed E-state index contributed by atoms with van der Waals surface area (Å²) < 4.78 is 16.5. The van der Waals surface area contributed by atoms with Gasteiger partial charge in [0, 0.05) is 28.4 Å². The van der Waals surface area contributed by atoms with Gasteiger partial charge < -0.3 is 10.4 Å². The third kappa shape index (κ3) is 2.23. The predicted octanol–water partition coefficient (Wildman–Crippen LogP) is 0.767. The van der Waals surface area contributed by atoms with E-state index in [1.807, 2.05) is 24.3 Å². The van der Waals surface area contributed by atoms with Gasteiger partial charge in [-0.15, -0.1) is 0 Å². The lowest BCUT2D eigenvalue weighted by Crippen LogP contribution is -2.53. The molecule has 0 amide bonds. The Morgan fingerprint density at radius 3 is 3.00 bits per heavy atom. The number of β-amino-alcohol motifs (C(OH)–C–C–N with tert-alkyl or cyclic N) is 1. The minimum absolute atomic E-state index is 0.0599. The highest BCUT2D eigenvalue weighted by atomic mass is 16.3. The zero-order valence-electron chi connectivity index (χ0n) is 11.9. The normalized spacial score (nSPS) is 34.6. The van der Waals surface area contributed by atoms with Gasteiger partial charge in [-0.05, 0) is 30.5 Å². The molecule has 0 spiro atoms. The minimum Gasteiger partial charge on any atom is -0.390 e. The second kappa shape index (κ2) is 4.77. The van der Waals surface area contributed by atoms with Crippen LogP contribution in [0.2, 0.25) is 0 Å². The minimum atomic E-state index is -1.33. The van der Waals surface area contributed by atoms with Crippen molar-refractivity contribution in [2.24, 2.45) is 0 Å². The summed E-state index contributed by atoms with van der Waals surface area (Å²) in [7, 11) is 0. The van der Waals surface area contributed by atoms with Gasteiger partial charge in [-0.2, -0.15) is 0 Å². The SMILES string of the molecule is [2H]C1([2H])CN([C@@H]2CCNC[C@H]2O)Cc2ccccc21. The van der Waals surface area contributed by atoms with E-state index in [1.54, 1.807) is 0 Å². The second-order valence-corrected chi connectivity index (χ2v) is 4.87. The summed E-state index contributed by atoms with van der Waals surface area (Å²) in [5.41, 5.74) is 1.85. The number of rotatable bonds is 1. The molecule has 0 bridgehead atoms. The summed E-state index contributed by atoms with van der Waals surface area (Å²) in [5, 5.41) is 13.3. The molecule has 0 aromatic heterocycles. The summed E-state index contributed by atoms with van der Waals surface area (Å²) in [6, 6.07) is 7.78. The van der Waals surface area contributed by atoms with Crippen LogP contribution in [0.15, 0.2) is 24.3 Å². The van der Waals surface area contributed by atoms with Gasteiger partial charge in [0.15, 0.2) is 0 Å². The van der Waals surface area contributed by atoms with Crippen LogP contribution >= 0.6 is 0 Å². The van der Waals surface area contributed by atoms with E-state index in [1.165, 1.54) is 0 Å². The van der Waals surface area contributed by atoms with Crippen LogP contribution in [0.25, 0.3) is 0 Å². The average molecular weight is 234 g/mol. The maximum atomic E-state index is 10.1. The summed E-state index contributed by atoms with van der Waals surface area (Å²) in [5.74, 6) is 0. The lowest BCUT2D eigenvalue weighted by atomic mass is 9.95. The first-order valence-corrected chi connectivity index (χ1v) is 6.29. The van der Waals surface area contributed by atoms with E-state index in [0.717, 1.165) is 30.6 Å². The molecule has 1 aromatic rings. The van der Waals surface area contributed by atoms with Gasteiger partial charge in [0.25, 0.3) is 0 Å². The highest BCUT2D eigenvalue weighted by Gasteiger charge is 2.30. The van der Waals surface area contributed by atoms with E-state index in [-0.39, 0.29) is 6.04 Å². The lowest BCUT2D eigenvalue weighted by Gasteiger charge is -2.40. The standard InChI is InChI=1S/C14H20N2O/c17-14-9-15-7-5-13(14)16-8-6-11-3-1-2-4-12(11)10-16/h1-4,13-15,17H,5-10H2/t13-,14-/m1/s1/i6D2. The lowest BCUT2D eigenvalue weighted by molar-refractivity contribution is 0.0220. The highest BCUT2D eigenvalue weighted by Crippen LogP contribution is 2.23. The van der Waals surface area contributed by atoms with E-state index in [9.17, 15) is 5.11 Å². The number of hydrogen-bond donors (Lipinski definition) is 2. The molecule has 0 saturated carbocycles. The molecule has 2 heterocycles. The topological polar surface area (TPSA) is 35.5 Å². The predicted molar refractivity (Wildman–Crippen MR) is 67.8 cm³/mol. The Hall–Kier alpha value is -0.900. The van der Waals surface area contributed by atoms with Crippen LogP contribution in [0.1, 0.15) is 20.3 Å². The second-order valence-electron chi connectivity index (χ2n) is 4.87. The Labute approximate surface area is 105 Å². The molecule has 92 valence electrons. The third-order valence-electron chi connectivity index (χ3n) is 3.75. The number of aliphatic hydroxyl groups is 1. The van der Waals surface area contributed by atoms with E-state index >= 15 is 0 Å². The molecule has 2 aliphatic heterocycles. The summed E-state index contributed by atoms with van der Waals surface area (Å²) in [4.78, 5) is 2.10. The maximum absolute atomic E-state index is 10.1. The van der Waals surface area contributed by atoms with Crippen LogP contribution in [0.4, 0.5) is 0 Å². The van der Waals surface area contributed by atoms with Gasteiger partial charge in [0.1, 0.15) is 0 Å². The molecule has 2 aliphatic rings. The van der Waals surface area contributed by atoms with Crippen LogP contribution in [0.3, 0.4) is 0 Å². The molecular weight excluding hydrogens is 212 g/mol. The Kier molecular flexibility index (Phi) is 2.55. The van der Waals surface area contributed by atoms with E-state index < -0.39 is 12.5 Å². The fourth-order valence-corrected chi connectivity index (χ4v) is 2.78. The average Bonchev–Trinajstić information content (AvgIpc) is 2.38. The molecule has 17 heavy (non-hydrogen) atoms. The Balaban J connectivity index is 1.87. The van der Waals surface area contributed by atoms with Gasteiger partial charge in [0.05, 0.1) is 6.10 Å². The fraction of sp³-hybridized carbons (Fsp3) is 0.571. The van der Waals surface area contributed by atoms with E-state index in [4.69, 9.17) is 2.74 Å². The number of hydrogen-bond acceptors (Lipinski definition) is 3. The molecule has 0 aliphatic carbocycles. The van der Waals surface area contributed by atoms with Crippen molar-refractivity contribution in [3.05, 3.63) is 35.4 Å². The van der Waals surface area contributed by atoms with Gasteiger partial charge >= 0.3 is 0 Å². The van der Waals surface area contributed by atoms with Crippen LogP contribution in [0.5, 0.6) is 0 Å². The highest BCUT2D eigenvalue weighted by molar-refractivity contribution is 5.29. The third-order valence-corrected chi connectivity index (χ3v) is 3.75. The quantitative estimate of drug-likeness (QED) is 0.753. The fourth-order valence-electron chi connectivity index (χ4n) is 2.78. The van der Waals surface area contributed by atoms with Crippen molar-refractivity contribution in [1.29, 1.82) is 0 Å². The van der Waals surface area contributed by atoms with Crippen molar-refractivity contribution in [1.82, 2.24) is 10.2 Å². The smallest absolute Gasteiger partial charge is 0.0820 e. The summed E-state index contributed by atoms with van der Waals surface area (Å²) in [6.45, 7) is 2.60.